The average molecular weight is 735 g/mol. The number of hydrogen-bond donors (Lipinski definition) is 0. The Labute approximate surface area is 312 Å². The lowest BCUT2D eigenvalue weighted by molar-refractivity contribution is 0.133. The number of unbranched alkanes of at least 4 members (excludes halogenated alkanes) is 10. The third-order valence-electron chi connectivity index (χ3n) is 10.9. The van der Waals surface area contributed by atoms with Crippen LogP contribution in [-0.2, 0) is 22.3 Å². The highest BCUT2D eigenvalue weighted by Gasteiger charge is 2.22. The maximum atomic E-state index is 14.2. The van der Waals surface area contributed by atoms with E-state index in [2.05, 4.69) is 50.2 Å². The van der Waals surface area contributed by atoms with Crippen LogP contribution in [0.2, 0.25) is 0 Å². The van der Waals surface area contributed by atoms with Gasteiger partial charge in [0.1, 0.15) is 0 Å². The Morgan fingerprint density at radius 2 is 0.885 bits per heavy atom. The van der Waals surface area contributed by atoms with Gasteiger partial charge in [0.15, 0.2) is 0 Å². The average Bonchev–Trinajstić information content (AvgIpc) is 3.91. The first-order valence-corrected chi connectivity index (χ1v) is 21.4. The van der Waals surface area contributed by atoms with Crippen LogP contribution in [0.25, 0.3) is 63.8 Å². The minimum atomic E-state index is -0.0254. The van der Waals surface area contributed by atoms with Crippen molar-refractivity contribution in [3.8, 4) is 0 Å². The number of benzene rings is 2. The summed E-state index contributed by atoms with van der Waals surface area (Å²) < 4.78 is 17.9. The fourth-order valence-corrected chi connectivity index (χ4v) is 10.3. The molecule has 0 atom stereocenters. The molecule has 0 aliphatic carbocycles. The van der Waals surface area contributed by atoms with E-state index in [1.54, 1.807) is 22.7 Å². The van der Waals surface area contributed by atoms with Crippen molar-refractivity contribution in [2.75, 3.05) is 26.4 Å². The molecule has 272 valence electrons. The first-order chi connectivity index (χ1) is 25.6. The topological polar surface area (TPSA) is 61.4 Å². The minimum Gasteiger partial charge on any atom is -0.381 e. The zero-order valence-corrected chi connectivity index (χ0v) is 32.3. The summed E-state index contributed by atoms with van der Waals surface area (Å²) in [5.41, 5.74) is 3.69. The van der Waals surface area contributed by atoms with Crippen LogP contribution < -0.4 is 11.1 Å². The molecule has 0 bridgehead atoms. The third kappa shape index (κ3) is 6.61. The number of thiophene rings is 2. The van der Waals surface area contributed by atoms with Crippen molar-refractivity contribution in [2.45, 2.75) is 104 Å². The van der Waals surface area contributed by atoms with Crippen molar-refractivity contribution in [2.24, 2.45) is 0 Å². The van der Waals surface area contributed by atoms with E-state index in [1.165, 1.54) is 74.0 Å². The van der Waals surface area contributed by atoms with Gasteiger partial charge in [0.25, 0.3) is 11.1 Å². The Morgan fingerprint density at radius 1 is 0.481 bits per heavy atom. The second-order valence-corrected chi connectivity index (χ2v) is 16.9. The van der Waals surface area contributed by atoms with Crippen molar-refractivity contribution in [1.82, 2.24) is 8.80 Å². The number of ether oxygens (including phenoxy) is 2. The number of hydrogen-bond acceptors (Lipinski definition) is 6. The van der Waals surface area contributed by atoms with E-state index >= 15 is 0 Å². The number of nitrogens with zero attached hydrogens (tertiary/aromatic N) is 2. The van der Waals surface area contributed by atoms with Crippen LogP contribution in [0, 0.1) is 0 Å². The van der Waals surface area contributed by atoms with E-state index in [9.17, 15) is 9.59 Å². The van der Waals surface area contributed by atoms with Crippen molar-refractivity contribution >= 4 is 86.5 Å². The molecule has 8 aromatic rings. The monoisotopic (exact) mass is 734 g/mol. The largest absolute Gasteiger partial charge is 0.381 e. The molecule has 0 saturated carbocycles. The quantitative estimate of drug-likeness (QED) is 0.0578. The summed E-state index contributed by atoms with van der Waals surface area (Å²) in [5, 5.41) is 5.14. The molecule has 0 unspecified atom stereocenters. The van der Waals surface area contributed by atoms with Crippen molar-refractivity contribution in [3.63, 3.8) is 0 Å². The molecule has 0 aliphatic rings. The van der Waals surface area contributed by atoms with Crippen LogP contribution >= 0.6 is 22.7 Å². The molecule has 52 heavy (non-hydrogen) atoms. The van der Waals surface area contributed by atoms with E-state index in [4.69, 9.17) is 9.47 Å². The van der Waals surface area contributed by atoms with Gasteiger partial charge >= 0.3 is 0 Å². The lowest BCUT2D eigenvalue weighted by atomic mass is 9.95. The van der Waals surface area contributed by atoms with Crippen molar-refractivity contribution < 1.29 is 9.47 Å². The zero-order valence-electron chi connectivity index (χ0n) is 30.7. The fourth-order valence-electron chi connectivity index (χ4n) is 8.21. The summed E-state index contributed by atoms with van der Waals surface area (Å²) >= 11 is 3.50. The van der Waals surface area contributed by atoms with Gasteiger partial charge in [-0.1, -0.05) is 90.2 Å². The Balaban J connectivity index is 1.04. The lowest BCUT2D eigenvalue weighted by Crippen LogP contribution is -2.16. The van der Waals surface area contributed by atoms with Crippen LogP contribution in [0.1, 0.15) is 101 Å². The lowest BCUT2D eigenvalue weighted by Gasteiger charge is -2.13. The van der Waals surface area contributed by atoms with E-state index in [0.29, 0.717) is 24.0 Å². The predicted molar refractivity (Wildman–Crippen MR) is 222 cm³/mol. The highest BCUT2D eigenvalue weighted by molar-refractivity contribution is 7.19. The fraction of sp³-hybridized carbons (Fsp3) is 0.455. The SMILES string of the molecule is CCCCCCCCOCCc1cc2c(cc3c4ccc5c6c(ccc(c(=O)n23)c46)c(=O)n2c3cc(CCOCCCCCCCC)sc3cc52)s1. The Hall–Kier alpha value is -3.56. The summed E-state index contributed by atoms with van der Waals surface area (Å²) in [4.78, 5) is 31.0. The van der Waals surface area contributed by atoms with Crippen LogP contribution in [0.5, 0.6) is 0 Å². The van der Waals surface area contributed by atoms with Crippen LogP contribution in [0.3, 0.4) is 0 Å². The van der Waals surface area contributed by atoms with Crippen LogP contribution in [0.15, 0.2) is 58.1 Å². The molecule has 0 saturated heterocycles. The summed E-state index contributed by atoms with van der Waals surface area (Å²) in [6.07, 6.45) is 16.9. The molecule has 0 N–H and O–H groups in total. The first kappa shape index (κ1) is 35.5. The molecule has 0 radical (unpaired) electrons. The molecule has 0 amide bonds. The van der Waals surface area contributed by atoms with Gasteiger partial charge in [-0.3, -0.25) is 18.4 Å². The molecule has 6 nitrogen and oxygen atoms in total. The van der Waals surface area contributed by atoms with Gasteiger partial charge in [0, 0.05) is 68.1 Å². The summed E-state index contributed by atoms with van der Waals surface area (Å²) in [5.74, 6) is 0. The second kappa shape index (κ2) is 15.8. The third-order valence-corrected chi connectivity index (χ3v) is 13.2. The standard InChI is InChI=1S/C44H50N2O4S2/c1-3-5-7-9-11-13-21-49-23-19-29-25-37-39(51-29)27-35-31-15-16-32-36-28-40-38(26-30(52-40)20-24-50-22-14-12-10-8-6-4-2)46(36)44(48)34-18-17-33(41(31)42(32)34)43(47)45(35)37/h15-18,25-28H,3-14,19-24H2,1-2H3. The molecule has 8 rings (SSSR count). The van der Waals surface area contributed by atoms with Gasteiger partial charge in [-0.25, -0.2) is 0 Å². The second-order valence-electron chi connectivity index (χ2n) is 14.6. The molecular formula is C44H50N2O4S2. The van der Waals surface area contributed by atoms with Gasteiger partial charge < -0.3 is 9.47 Å². The van der Waals surface area contributed by atoms with E-state index in [1.807, 2.05) is 20.9 Å². The van der Waals surface area contributed by atoms with Gasteiger partial charge in [-0.05, 0) is 49.2 Å². The van der Waals surface area contributed by atoms with Crippen LogP contribution in [0.4, 0.5) is 0 Å². The summed E-state index contributed by atoms with van der Waals surface area (Å²) in [6, 6.07) is 16.7. The highest BCUT2D eigenvalue weighted by Crippen LogP contribution is 2.40. The van der Waals surface area contributed by atoms with E-state index in [0.717, 1.165) is 91.9 Å². The first-order valence-electron chi connectivity index (χ1n) is 19.7. The van der Waals surface area contributed by atoms with Gasteiger partial charge in [0.05, 0.1) is 44.7 Å². The predicted octanol–water partition coefficient (Wildman–Crippen LogP) is 11.5. The van der Waals surface area contributed by atoms with Crippen molar-refractivity contribution in [3.05, 3.63) is 79.0 Å². The minimum absolute atomic E-state index is 0.0254. The summed E-state index contributed by atoms with van der Waals surface area (Å²) in [7, 11) is 0. The number of aromatic nitrogens is 2. The number of rotatable bonds is 20. The molecule has 2 aromatic carbocycles. The molecule has 0 spiro atoms. The maximum absolute atomic E-state index is 14.2. The Bertz CT molecular complexity index is 2400. The molecule has 8 heteroatoms. The maximum Gasteiger partial charge on any atom is 0.263 e. The van der Waals surface area contributed by atoms with E-state index in [-0.39, 0.29) is 11.1 Å². The van der Waals surface area contributed by atoms with Gasteiger partial charge in [-0.15, -0.1) is 22.7 Å². The number of pyridine rings is 2. The molecule has 0 fully saturated rings. The molecule has 0 aliphatic heterocycles. The van der Waals surface area contributed by atoms with Crippen LogP contribution in [-0.4, -0.2) is 35.2 Å². The number of fused-ring (bicyclic) bond motifs is 8. The van der Waals surface area contributed by atoms with E-state index < -0.39 is 0 Å². The smallest absolute Gasteiger partial charge is 0.263 e. The Kier molecular flexibility index (Phi) is 10.8. The molecule has 6 heterocycles. The summed E-state index contributed by atoms with van der Waals surface area (Å²) in [6.45, 7) is 7.54. The zero-order chi connectivity index (χ0) is 35.6. The normalized spacial score (nSPS) is 12.6. The van der Waals surface area contributed by atoms with Crippen molar-refractivity contribution in [1.29, 1.82) is 0 Å². The van der Waals surface area contributed by atoms with Gasteiger partial charge in [-0.2, -0.15) is 0 Å². The molecular weight excluding hydrogens is 685 g/mol. The Morgan fingerprint density at radius 3 is 1.33 bits per heavy atom. The highest BCUT2D eigenvalue weighted by atomic mass is 32.1. The molecule has 6 aromatic heterocycles. The van der Waals surface area contributed by atoms with Gasteiger partial charge in [0.2, 0.25) is 0 Å².